The van der Waals surface area contributed by atoms with Gasteiger partial charge in [-0.25, -0.2) is 18.5 Å². The van der Waals surface area contributed by atoms with Crippen LogP contribution in [0.5, 0.6) is 0 Å². The van der Waals surface area contributed by atoms with E-state index in [4.69, 9.17) is 5.14 Å². The van der Waals surface area contributed by atoms with E-state index in [9.17, 15) is 13.2 Å². The van der Waals surface area contributed by atoms with Gasteiger partial charge in [0.2, 0.25) is 10.0 Å². The summed E-state index contributed by atoms with van der Waals surface area (Å²) in [6, 6.07) is 10.9. The number of pyridine rings is 1. The van der Waals surface area contributed by atoms with Gasteiger partial charge in [-0.2, -0.15) is 0 Å². The van der Waals surface area contributed by atoms with Crippen LogP contribution in [0.1, 0.15) is 28.0 Å². The van der Waals surface area contributed by atoms with Gasteiger partial charge in [-0.3, -0.25) is 4.79 Å². The maximum absolute atomic E-state index is 12.2. The van der Waals surface area contributed by atoms with Crippen LogP contribution < -0.4 is 10.5 Å². The van der Waals surface area contributed by atoms with E-state index in [0.29, 0.717) is 0 Å². The molecule has 2 aromatic rings. The van der Waals surface area contributed by atoms with Gasteiger partial charge in [0.25, 0.3) is 5.91 Å². The second-order valence-corrected chi connectivity index (χ2v) is 7.17. The Kier molecular flexibility index (Phi) is 4.14. The molecule has 0 saturated carbocycles. The zero-order valence-electron chi connectivity index (χ0n) is 12.4. The van der Waals surface area contributed by atoms with E-state index in [1.165, 1.54) is 23.3 Å². The number of benzene rings is 1. The topological polar surface area (TPSA) is 102 Å². The van der Waals surface area contributed by atoms with Gasteiger partial charge >= 0.3 is 0 Å². The summed E-state index contributed by atoms with van der Waals surface area (Å²) in [5.41, 5.74) is 2.76. The highest BCUT2D eigenvalue weighted by atomic mass is 32.2. The number of rotatable bonds is 3. The smallest absolute Gasteiger partial charge is 0.270 e. The number of nitrogens with two attached hydrogens (primary N) is 1. The Morgan fingerprint density at radius 3 is 2.57 bits per heavy atom. The maximum atomic E-state index is 12.2. The monoisotopic (exact) mass is 331 g/mol. The van der Waals surface area contributed by atoms with Gasteiger partial charge in [-0.15, -0.1) is 0 Å². The van der Waals surface area contributed by atoms with E-state index in [-0.39, 0.29) is 22.5 Å². The predicted molar refractivity (Wildman–Crippen MR) is 85.3 cm³/mol. The van der Waals surface area contributed by atoms with Gasteiger partial charge in [0.1, 0.15) is 10.6 Å². The van der Waals surface area contributed by atoms with Crippen molar-refractivity contribution in [2.75, 3.05) is 0 Å². The lowest BCUT2D eigenvalue weighted by Crippen LogP contribution is -2.39. The summed E-state index contributed by atoms with van der Waals surface area (Å²) in [6.45, 7) is 0. The summed E-state index contributed by atoms with van der Waals surface area (Å²) >= 11 is 0. The number of sulfonamides is 1. The molecule has 0 spiro atoms. The molecule has 1 heterocycles. The lowest BCUT2D eigenvalue weighted by Gasteiger charge is -2.25. The standard InChI is InChI=1S/C16H17N3O3S/c17-23(21,22)14-7-8-15(18-10-14)16(20)19-13-6-5-11-3-1-2-4-12(11)9-13/h1-4,7-8,10,13H,5-6,9H2,(H,19,20)(H2,17,21,22). The highest BCUT2D eigenvalue weighted by Crippen LogP contribution is 2.21. The number of hydrogen-bond donors (Lipinski definition) is 2. The summed E-state index contributed by atoms with van der Waals surface area (Å²) in [5.74, 6) is -0.310. The summed E-state index contributed by atoms with van der Waals surface area (Å²) < 4.78 is 22.4. The van der Waals surface area contributed by atoms with Gasteiger partial charge in [0.05, 0.1) is 0 Å². The summed E-state index contributed by atoms with van der Waals surface area (Å²) in [7, 11) is -3.80. The number of nitrogens with zero attached hydrogens (tertiary/aromatic N) is 1. The van der Waals surface area contributed by atoms with Crippen LogP contribution in [0, 0.1) is 0 Å². The Balaban J connectivity index is 1.68. The fourth-order valence-corrected chi connectivity index (χ4v) is 3.22. The lowest BCUT2D eigenvalue weighted by molar-refractivity contribution is 0.0928. The summed E-state index contributed by atoms with van der Waals surface area (Å²) in [5, 5.41) is 7.96. The zero-order chi connectivity index (χ0) is 16.4. The van der Waals surface area contributed by atoms with Crippen molar-refractivity contribution >= 4 is 15.9 Å². The van der Waals surface area contributed by atoms with Gasteiger partial charge in [0, 0.05) is 12.2 Å². The molecule has 120 valence electrons. The molecule has 0 bridgehead atoms. The Morgan fingerprint density at radius 1 is 1.17 bits per heavy atom. The number of hydrogen-bond acceptors (Lipinski definition) is 4. The molecule has 1 aliphatic carbocycles. The molecule has 0 radical (unpaired) electrons. The van der Waals surface area contributed by atoms with Crippen molar-refractivity contribution in [3.8, 4) is 0 Å². The Morgan fingerprint density at radius 2 is 1.91 bits per heavy atom. The minimum Gasteiger partial charge on any atom is -0.348 e. The lowest BCUT2D eigenvalue weighted by atomic mass is 9.88. The average molecular weight is 331 g/mol. The van der Waals surface area contributed by atoms with Crippen molar-refractivity contribution in [3.05, 3.63) is 59.4 Å². The first-order valence-corrected chi connectivity index (χ1v) is 8.84. The number of carbonyl (C=O) groups is 1. The molecule has 1 amide bonds. The van der Waals surface area contributed by atoms with E-state index in [1.54, 1.807) is 0 Å². The third-order valence-electron chi connectivity index (χ3n) is 3.98. The Hall–Kier alpha value is -2.25. The molecule has 3 rings (SSSR count). The van der Waals surface area contributed by atoms with Crippen LogP contribution in [-0.2, 0) is 22.9 Å². The third-order valence-corrected chi connectivity index (χ3v) is 4.88. The molecular formula is C16H17N3O3S. The van der Waals surface area contributed by atoms with Gasteiger partial charge < -0.3 is 5.32 Å². The highest BCUT2D eigenvalue weighted by molar-refractivity contribution is 7.89. The van der Waals surface area contributed by atoms with Crippen molar-refractivity contribution in [1.29, 1.82) is 0 Å². The second kappa shape index (κ2) is 6.10. The minimum absolute atomic E-state index is 0.0529. The largest absolute Gasteiger partial charge is 0.348 e. The Bertz CT molecular complexity index is 832. The molecule has 1 aliphatic rings. The maximum Gasteiger partial charge on any atom is 0.270 e. The van der Waals surface area contributed by atoms with Crippen LogP contribution in [0.25, 0.3) is 0 Å². The quantitative estimate of drug-likeness (QED) is 0.876. The molecule has 1 unspecified atom stereocenters. The number of aromatic nitrogens is 1. The fraction of sp³-hybridized carbons (Fsp3) is 0.250. The second-order valence-electron chi connectivity index (χ2n) is 5.61. The molecule has 6 nitrogen and oxygen atoms in total. The van der Waals surface area contributed by atoms with Crippen molar-refractivity contribution in [3.63, 3.8) is 0 Å². The van der Waals surface area contributed by atoms with E-state index < -0.39 is 10.0 Å². The first kappa shape index (κ1) is 15.6. The molecule has 0 fully saturated rings. The number of primary sulfonamides is 1. The molecular weight excluding hydrogens is 314 g/mol. The first-order chi connectivity index (χ1) is 10.9. The summed E-state index contributed by atoms with van der Waals surface area (Å²) in [6.07, 6.45) is 3.69. The van der Waals surface area contributed by atoms with E-state index in [0.717, 1.165) is 25.5 Å². The minimum atomic E-state index is -3.80. The third kappa shape index (κ3) is 3.57. The van der Waals surface area contributed by atoms with Crippen LogP contribution in [0.3, 0.4) is 0 Å². The molecule has 1 aromatic heterocycles. The van der Waals surface area contributed by atoms with E-state index >= 15 is 0 Å². The molecule has 1 atom stereocenters. The molecule has 23 heavy (non-hydrogen) atoms. The Labute approximate surface area is 134 Å². The van der Waals surface area contributed by atoms with Crippen LogP contribution in [0.2, 0.25) is 0 Å². The number of aryl methyl sites for hydroxylation is 1. The van der Waals surface area contributed by atoms with Crippen LogP contribution in [0.15, 0.2) is 47.5 Å². The number of carbonyl (C=O) groups excluding carboxylic acids is 1. The molecule has 3 N–H and O–H groups in total. The van der Waals surface area contributed by atoms with Gasteiger partial charge in [-0.1, -0.05) is 24.3 Å². The van der Waals surface area contributed by atoms with Gasteiger partial charge in [0.15, 0.2) is 0 Å². The number of fused-ring (bicyclic) bond motifs is 1. The zero-order valence-corrected chi connectivity index (χ0v) is 13.2. The van der Waals surface area contributed by atoms with Crippen molar-refractivity contribution < 1.29 is 13.2 Å². The molecule has 0 saturated heterocycles. The number of nitrogens with one attached hydrogen (secondary N) is 1. The molecule has 1 aromatic carbocycles. The van der Waals surface area contributed by atoms with Crippen molar-refractivity contribution in [2.45, 2.75) is 30.2 Å². The van der Waals surface area contributed by atoms with Crippen LogP contribution in [-0.4, -0.2) is 25.4 Å². The van der Waals surface area contributed by atoms with E-state index in [2.05, 4.69) is 22.4 Å². The molecule has 0 aliphatic heterocycles. The highest BCUT2D eigenvalue weighted by Gasteiger charge is 2.21. The fourth-order valence-electron chi connectivity index (χ4n) is 2.76. The normalized spacial score (nSPS) is 17.3. The van der Waals surface area contributed by atoms with Gasteiger partial charge in [-0.05, 0) is 42.5 Å². The first-order valence-electron chi connectivity index (χ1n) is 7.30. The van der Waals surface area contributed by atoms with Crippen LogP contribution in [0.4, 0.5) is 0 Å². The predicted octanol–water partition coefficient (Wildman–Crippen LogP) is 1.02. The SMILES string of the molecule is NS(=O)(=O)c1ccc(C(=O)NC2CCc3ccccc3C2)nc1. The van der Waals surface area contributed by atoms with Crippen LogP contribution >= 0.6 is 0 Å². The van der Waals surface area contributed by atoms with E-state index in [1.807, 2.05) is 12.1 Å². The number of amides is 1. The molecule has 7 heteroatoms. The van der Waals surface area contributed by atoms with Crippen molar-refractivity contribution in [1.82, 2.24) is 10.3 Å². The average Bonchev–Trinajstić information content (AvgIpc) is 2.54. The van der Waals surface area contributed by atoms with Crippen molar-refractivity contribution in [2.24, 2.45) is 5.14 Å². The summed E-state index contributed by atoms with van der Waals surface area (Å²) in [4.78, 5) is 16.0.